The molecule has 9 nitrogen and oxygen atoms in total. The van der Waals surface area contributed by atoms with E-state index in [1.165, 1.54) is 24.3 Å². The number of carbonyl (C=O) groups is 2. The van der Waals surface area contributed by atoms with Crippen LogP contribution < -0.4 is 0 Å². The highest BCUT2D eigenvalue weighted by atomic mass is 16.4. The van der Waals surface area contributed by atoms with Crippen LogP contribution in [0.15, 0.2) is 36.4 Å². The fourth-order valence-electron chi connectivity index (χ4n) is 1.54. The van der Waals surface area contributed by atoms with Crippen LogP contribution >= 0.6 is 0 Å². The van der Waals surface area contributed by atoms with E-state index in [1.807, 2.05) is 0 Å². The fourth-order valence-corrected chi connectivity index (χ4v) is 1.54. The highest BCUT2D eigenvalue weighted by molar-refractivity contribution is 5.89. The molecule has 0 bridgehead atoms. The van der Waals surface area contributed by atoms with Gasteiger partial charge >= 0.3 is 11.9 Å². The van der Waals surface area contributed by atoms with Crippen molar-refractivity contribution in [2.75, 3.05) is 0 Å². The Morgan fingerprint density at radius 2 is 1.32 bits per heavy atom. The number of hydrogen-bond acceptors (Lipinski definition) is 7. The van der Waals surface area contributed by atoms with Crippen molar-refractivity contribution in [3.8, 4) is 28.7 Å². The third-order valence-corrected chi connectivity index (χ3v) is 2.73. The third-order valence-electron chi connectivity index (χ3n) is 2.73. The average molecular weight is 350 g/mol. The zero-order valence-electron chi connectivity index (χ0n) is 12.5. The molecule has 0 radical (unpaired) electrons. The number of aromatic hydroxyl groups is 5. The first-order valence-electron chi connectivity index (χ1n) is 6.53. The zero-order chi connectivity index (χ0) is 19.1. The monoisotopic (exact) mass is 350 g/mol. The van der Waals surface area contributed by atoms with Crippen LogP contribution in [0.4, 0.5) is 0 Å². The van der Waals surface area contributed by atoms with E-state index in [0.717, 1.165) is 18.2 Å². The van der Waals surface area contributed by atoms with Gasteiger partial charge in [0.1, 0.15) is 0 Å². The molecule has 25 heavy (non-hydrogen) atoms. The Morgan fingerprint density at radius 3 is 1.76 bits per heavy atom. The van der Waals surface area contributed by atoms with Crippen LogP contribution in [-0.4, -0.2) is 47.7 Å². The molecule has 0 spiro atoms. The molecule has 9 heteroatoms. The van der Waals surface area contributed by atoms with Gasteiger partial charge in [0.15, 0.2) is 28.7 Å². The van der Waals surface area contributed by atoms with Crippen LogP contribution in [0.2, 0.25) is 0 Å². The molecule has 0 saturated heterocycles. The number of aliphatic carboxylic acids is 1. The smallest absolute Gasteiger partial charge is 0.335 e. The Hall–Kier alpha value is -3.88. The van der Waals surface area contributed by atoms with Gasteiger partial charge in [-0.2, -0.15) is 0 Å². The second kappa shape index (κ2) is 8.11. The molecular formula is C16H14O9. The summed E-state index contributed by atoms with van der Waals surface area (Å²) in [6, 6.07) is 5.74. The molecule has 0 aliphatic rings. The number of rotatable bonds is 3. The summed E-state index contributed by atoms with van der Waals surface area (Å²) in [6.07, 6.45) is 2.27. The Labute approximate surface area is 140 Å². The van der Waals surface area contributed by atoms with Gasteiger partial charge in [-0.1, -0.05) is 6.07 Å². The summed E-state index contributed by atoms with van der Waals surface area (Å²) in [5.41, 5.74) is 0.223. The predicted molar refractivity (Wildman–Crippen MR) is 84.8 cm³/mol. The number of benzene rings is 2. The van der Waals surface area contributed by atoms with E-state index in [4.69, 9.17) is 35.7 Å². The molecule has 0 atom stereocenters. The highest BCUT2D eigenvalue weighted by Gasteiger charge is 2.11. The summed E-state index contributed by atoms with van der Waals surface area (Å²) in [4.78, 5) is 20.4. The summed E-state index contributed by atoms with van der Waals surface area (Å²) in [5.74, 6) is -4.90. The lowest BCUT2D eigenvalue weighted by atomic mass is 10.2. The van der Waals surface area contributed by atoms with Crippen molar-refractivity contribution in [3.63, 3.8) is 0 Å². The largest absolute Gasteiger partial charge is 0.504 e. The summed E-state index contributed by atoms with van der Waals surface area (Å²) in [5, 5.41) is 61.2. The quantitative estimate of drug-likeness (QED) is 0.321. The highest BCUT2D eigenvalue weighted by Crippen LogP contribution is 2.35. The molecule has 0 saturated carbocycles. The van der Waals surface area contributed by atoms with E-state index < -0.39 is 29.2 Å². The number of hydrogen-bond donors (Lipinski definition) is 7. The second-order valence-electron chi connectivity index (χ2n) is 4.59. The van der Waals surface area contributed by atoms with Crippen LogP contribution in [0.1, 0.15) is 15.9 Å². The summed E-state index contributed by atoms with van der Waals surface area (Å²) in [6.45, 7) is 0. The van der Waals surface area contributed by atoms with Gasteiger partial charge in [-0.15, -0.1) is 0 Å². The molecule has 0 unspecified atom stereocenters. The molecule has 0 aliphatic heterocycles. The van der Waals surface area contributed by atoms with E-state index in [2.05, 4.69) is 0 Å². The molecule has 132 valence electrons. The van der Waals surface area contributed by atoms with Crippen LogP contribution in [0.3, 0.4) is 0 Å². The standard InChI is InChI=1S/C9H8O4.C7H6O5/c10-7-3-1-6(5-8(7)11)2-4-9(12)13;8-4-1-3(7(11)12)2-5(9)6(4)10/h1-5,10-11H,(H,12,13);1-2,8-10H,(H,11,12)/b4-2+;. The first-order valence-corrected chi connectivity index (χ1v) is 6.53. The molecular weight excluding hydrogens is 336 g/mol. The van der Waals surface area contributed by atoms with Crippen molar-refractivity contribution in [1.29, 1.82) is 0 Å². The topological polar surface area (TPSA) is 176 Å². The van der Waals surface area contributed by atoms with Crippen LogP contribution in [-0.2, 0) is 4.79 Å². The summed E-state index contributed by atoms with van der Waals surface area (Å²) in [7, 11) is 0. The van der Waals surface area contributed by atoms with E-state index in [9.17, 15) is 9.59 Å². The van der Waals surface area contributed by atoms with Crippen LogP contribution in [0.25, 0.3) is 6.08 Å². The fraction of sp³-hybridized carbons (Fsp3) is 0. The lowest BCUT2D eigenvalue weighted by molar-refractivity contribution is -0.131. The van der Waals surface area contributed by atoms with Gasteiger partial charge in [0.05, 0.1) is 5.56 Å². The Kier molecular flexibility index (Phi) is 6.22. The minimum Gasteiger partial charge on any atom is -0.504 e. The van der Waals surface area contributed by atoms with Gasteiger partial charge in [0.2, 0.25) is 0 Å². The van der Waals surface area contributed by atoms with Gasteiger partial charge < -0.3 is 35.7 Å². The maximum Gasteiger partial charge on any atom is 0.335 e. The van der Waals surface area contributed by atoms with E-state index >= 15 is 0 Å². The van der Waals surface area contributed by atoms with E-state index in [-0.39, 0.29) is 17.1 Å². The number of carboxylic acid groups (broad SMARTS) is 2. The van der Waals surface area contributed by atoms with Crippen molar-refractivity contribution in [2.45, 2.75) is 0 Å². The Bertz CT molecular complexity index is 801. The van der Waals surface area contributed by atoms with Crippen molar-refractivity contribution >= 4 is 18.0 Å². The normalized spacial score (nSPS) is 10.1. The average Bonchev–Trinajstić information content (AvgIpc) is 2.53. The van der Waals surface area contributed by atoms with Gasteiger partial charge in [-0.3, -0.25) is 0 Å². The van der Waals surface area contributed by atoms with Crippen molar-refractivity contribution in [1.82, 2.24) is 0 Å². The second-order valence-corrected chi connectivity index (χ2v) is 4.59. The first-order chi connectivity index (χ1) is 11.6. The van der Waals surface area contributed by atoms with Crippen molar-refractivity contribution in [2.24, 2.45) is 0 Å². The maximum absolute atomic E-state index is 10.3. The number of aromatic carboxylic acids is 1. The molecule has 7 N–H and O–H groups in total. The van der Waals surface area contributed by atoms with Crippen LogP contribution in [0.5, 0.6) is 28.7 Å². The molecule has 0 aliphatic carbocycles. The zero-order valence-corrected chi connectivity index (χ0v) is 12.5. The molecule has 0 aromatic heterocycles. The lowest BCUT2D eigenvalue weighted by Crippen LogP contribution is -1.95. The molecule has 0 amide bonds. The minimum absolute atomic E-state index is 0.229. The van der Waals surface area contributed by atoms with Gasteiger partial charge in [0, 0.05) is 6.08 Å². The van der Waals surface area contributed by atoms with Crippen LogP contribution in [0, 0.1) is 0 Å². The van der Waals surface area contributed by atoms with Gasteiger partial charge in [-0.25, -0.2) is 9.59 Å². The number of carboxylic acids is 2. The molecule has 2 aromatic rings. The number of phenols is 5. The first kappa shape index (κ1) is 19.2. The van der Waals surface area contributed by atoms with E-state index in [1.54, 1.807) is 0 Å². The molecule has 2 rings (SSSR count). The van der Waals surface area contributed by atoms with Gasteiger partial charge in [-0.05, 0) is 35.9 Å². The SMILES string of the molecule is O=C(O)/C=C/c1ccc(O)c(O)c1.O=C(O)c1cc(O)c(O)c(O)c1. The van der Waals surface area contributed by atoms with Crippen molar-refractivity contribution < 1.29 is 45.3 Å². The molecule has 0 fully saturated rings. The van der Waals surface area contributed by atoms with Gasteiger partial charge in [0.25, 0.3) is 0 Å². The summed E-state index contributed by atoms with van der Waals surface area (Å²) >= 11 is 0. The molecule has 0 heterocycles. The van der Waals surface area contributed by atoms with Crippen molar-refractivity contribution in [3.05, 3.63) is 47.5 Å². The Balaban J connectivity index is 0.000000251. The summed E-state index contributed by atoms with van der Waals surface area (Å²) < 4.78 is 0. The molecule has 2 aromatic carbocycles. The predicted octanol–water partition coefficient (Wildman–Crippen LogP) is 1.70. The minimum atomic E-state index is -1.29. The Morgan fingerprint density at radius 1 is 0.760 bits per heavy atom. The third kappa shape index (κ3) is 5.67. The maximum atomic E-state index is 10.3. The van der Waals surface area contributed by atoms with E-state index in [0.29, 0.717) is 5.56 Å². The number of phenolic OH excluding ortho intramolecular Hbond substituents is 5. The lowest BCUT2D eigenvalue weighted by Gasteiger charge is -2.01.